The molecule has 0 radical (unpaired) electrons. The molecule has 0 N–H and O–H groups in total. The second-order valence-electron chi connectivity index (χ2n) is 8.72. The van der Waals surface area contributed by atoms with Gasteiger partial charge in [-0.05, 0) is 64.2 Å². The lowest BCUT2D eigenvalue weighted by atomic mass is 9.95. The van der Waals surface area contributed by atoms with Crippen molar-refractivity contribution >= 4 is 16.6 Å². The van der Waals surface area contributed by atoms with Gasteiger partial charge in [0.15, 0.2) is 0 Å². The molecule has 0 aliphatic heterocycles. The van der Waals surface area contributed by atoms with Gasteiger partial charge in [-0.2, -0.15) is 0 Å². The molecule has 0 spiro atoms. The van der Waals surface area contributed by atoms with E-state index in [1.807, 2.05) is 0 Å². The molecule has 166 valence electrons. The van der Waals surface area contributed by atoms with Crippen molar-refractivity contribution in [2.75, 3.05) is 25.5 Å². The molecule has 4 aromatic rings. The van der Waals surface area contributed by atoms with E-state index in [1.165, 1.54) is 39.0 Å². The Hall–Kier alpha value is -3.04. The van der Waals surface area contributed by atoms with Crippen LogP contribution in [0, 0.1) is 6.92 Å². The predicted octanol–water partition coefficient (Wildman–Crippen LogP) is 6.65. The molecule has 3 nitrogen and oxygen atoms in total. The summed E-state index contributed by atoms with van der Waals surface area (Å²) in [4.78, 5) is 4.77. The molecule has 1 heterocycles. The summed E-state index contributed by atoms with van der Waals surface area (Å²) < 4.78 is 2.44. The maximum absolute atomic E-state index is 2.44. The smallest absolute Gasteiger partial charge is 0.0620 e. The Bertz CT molecular complexity index is 1160. The van der Waals surface area contributed by atoms with Crippen LogP contribution in [0.25, 0.3) is 10.9 Å². The molecule has 0 saturated carbocycles. The van der Waals surface area contributed by atoms with Crippen molar-refractivity contribution in [3.05, 3.63) is 101 Å². The van der Waals surface area contributed by atoms with Gasteiger partial charge >= 0.3 is 0 Å². The topological polar surface area (TPSA) is 11.4 Å². The monoisotopic (exact) mass is 425 g/mol. The molecule has 1 aromatic heterocycles. The average Bonchev–Trinajstić information content (AvgIpc) is 3.10. The molecular weight excluding hydrogens is 390 g/mol. The van der Waals surface area contributed by atoms with Crippen LogP contribution in [0.2, 0.25) is 0 Å². The van der Waals surface area contributed by atoms with E-state index in [0.717, 1.165) is 19.6 Å². The van der Waals surface area contributed by atoms with E-state index in [1.54, 1.807) is 0 Å². The highest BCUT2D eigenvalue weighted by atomic mass is 15.1. The standard InChI is InChI=1S/C29H35N3/c1-6-31(21-23-13-9-8-10-14-23)25-19-17-24(18-20-25)29(30(4)5)28-22(3)32(7-2)27-16-12-11-15-26(27)28/h8-20,29H,6-7,21H2,1-5H3. The minimum absolute atomic E-state index is 0.214. The number of hydrogen-bond donors (Lipinski definition) is 0. The lowest BCUT2D eigenvalue weighted by Gasteiger charge is -2.28. The predicted molar refractivity (Wildman–Crippen MR) is 137 cm³/mol. The van der Waals surface area contributed by atoms with Crippen LogP contribution in [0.3, 0.4) is 0 Å². The number of fused-ring (bicyclic) bond motifs is 1. The van der Waals surface area contributed by atoms with Crippen LogP contribution in [-0.2, 0) is 13.1 Å². The molecule has 0 aliphatic rings. The Kier molecular flexibility index (Phi) is 6.66. The molecular formula is C29H35N3. The molecule has 0 saturated heterocycles. The van der Waals surface area contributed by atoms with Gasteiger partial charge in [0.2, 0.25) is 0 Å². The summed E-state index contributed by atoms with van der Waals surface area (Å²) in [5.74, 6) is 0. The summed E-state index contributed by atoms with van der Waals surface area (Å²) in [5, 5.41) is 1.36. The molecule has 3 aromatic carbocycles. The van der Waals surface area contributed by atoms with Gasteiger partial charge in [-0.15, -0.1) is 0 Å². The Labute approximate surface area is 192 Å². The van der Waals surface area contributed by atoms with Gasteiger partial charge in [-0.3, -0.25) is 4.90 Å². The number of rotatable bonds is 8. The Balaban J connectivity index is 1.70. The zero-order valence-electron chi connectivity index (χ0n) is 20.0. The van der Waals surface area contributed by atoms with Crippen molar-refractivity contribution in [3.8, 4) is 0 Å². The molecule has 0 aliphatic carbocycles. The fraction of sp³-hybridized carbons (Fsp3) is 0.310. The lowest BCUT2D eigenvalue weighted by Crippen LogP contribution is -2.23. The zero-order valence-corrected chi connectivity index (χ0v) is 20.0. The molecule has 3 heteroatoms. The van der Waals surface area contributed by atoms with E-state index in [0.29, 0.717) is 0 Å². The normalized spacial score (nSPS) is 12.4. The number of anilines is 1. The van der Waals surface area contributed by atoms with Crippen molar-refractivity contribution < 1.29 is 0 Å². The van der Waals surface area contributed by atoms with E-state index in [2.05, 4.69) is 128 Å². The van der Waals surface area contributed by atoms with Gasteiger partial charge in [0, 0.05) is 47.5 Å². The van der Waals surface area contributed by atoms with Gasteiger partial charge in [0.25, 0.3) is 0 Å². The average molecular weight is 426 g/mol. The van der Waals surface area contributed by atoms with E-state index in [-0.39, 0.29) is 6.04 Å². The second-order valence-corrected chi connectivity index (χ2v) is 8.72. The fourth-order valence-corrected chi connectivity index (χ4v) is 4.99. The molecule has 1 atom stereocenters. The van der Waals surface area contributed by atoms with Gasteiger partial charge in [-0.25, -0.2) is 0 Å². The van der Waals surface area contributed by atoms with Crippen molar-refractivity contribution in [1.29, 1.82) is 0 Å². The van der Waals surface area contributed by atoms with Crippen LogP contribution < -0.4 is 4.90 Å². The fourth-order valence-electron chi connectivity index (χ4n) is 4.99. The highest BCUT2D eigenvalue weighted by Gasteiger charge is 2.24. The van der Waals surface area contributed by atoms with Crippen molar-refractivity contribution in [2.45, 2.75) is 39.9 Å². The number of nitrogens with zero attached hydrogens (tertiary/aromatic N) is 3. The first-order valence-corrected chi connectivity index (χ1v) is 11.7. The van der Waals surface area contributed by atoms with Crippen LogP contribution >= 0.6 is 0 Å². The summed E-state index contributed by atoms with van der Waals surface area (Å²) in [5.41, 5.74) is 8.04. The van der Waals surface area contributed by atoms with Crippen LogP contribution in [0.4, 0.5) is 5.69 Å². The number of para-hydroxylation sites is 1. The largest absolute Gasteiger partial charge is 0.367 e. The van der Waals surface area contributed by atoms with E-state index in [4.69, 9.17) is 0 Å². The van der Waals surface area contributed by atoms with Gasteiger partial charge < -0.3 is 9.47 Å². The number of aryl methyl sites for hydroxylation is 1. The summed E-state index contributed by atoms with van der Waals surface area (Å²) >= 11 is 0. The second kappa shape index (κ2) is 9.62. The number of hydrogen-bond acceptors (Lipinski definition) is 2. The molecule has 32 heavy (non-hydrogen) atoms. The quantitative estimate of drug-likeness (QED) is 0.313. The molecule has 0 bridgehead atoms. The minimum Gasteiger partial charge on any atom is -0.367 e. The van der Waals surface area contributed by atoms with Crippen LogP contribution in [0.1, 0.15) is 42.3 Å². The van der Waals surface area contributed by atoms with Crippen molar-refractivity contribution in [3.63, 3.8) is 0 Å². The third-order valence-corrected chi connectivity index (χ3v) is 6.56. The molecule has 0 fully saturated rings. The third kappa shape index (κ3) is 4.18. The summed E-state index contributed by atoms with van der Waals surface area (Å²) in [6.07, 6.45) is 0. The van der Waals surface area contributed by atoms with Crippen LogP contribution in [-0.4, -0.2) is 30.1 Å². The molecule has 1 unspecified atom stereocenters. The zero-order chi connectivity index (χ0) is 22.7. The summed E-state index contributed by atoms with van der Waals surface area (Å²) in [7, 11) is 4.37. The number of benzene rings is 3. The highest BCUT2D eigenvalue weighted by molar-refractivity contribution is 5.86. The van der Waals surface area contributed by atoms with E-state index in [9.17, 15) is 0 Å². The maximum Gasteiger partial charge on any atom is 0.0620 e. The van der Waals surface area contributed by atoms with E-state index < -0.39 is 0 Å². The first-order valence-electron chi connectivity index (χ1n) is 11.7. The summed E-state index contributed by atoms with van der Waals surface area (Å²) in [6.45, 7) is 9.61. The minimum atomic E-state index is 0.214. The third-order valence-electron chi connectivity index (χ3n) is 6.56. The van der Waals surface area contributed by atoms with Crippen molar-refractivity contribution in [1.82, 2.24) is 9.47 Å². The number of aromatic nitrogens is 1. The first kappa shape index (κ1) is 22.2. The molecule has 4 rings (SSSR count). The highest BCUT2D eigenvalue weighted by Crippen LogP contribution is 2.37. The van der Waals surface area contributed by atoms with Crippen LogP contribution in [0.5, 0.6) is 0 Å². The van der Waals surface area contributed by atoms with Gasteiger partial charge in [0.1, 0.15) is 0 Å². The van der Waals surface area contributed by atoms with Crippen molar-refractivity contribution in [2.24, 2.45) is 0 Å². The summed E-state index contributed by atoms with van der Waals surface area (Å²) in [6, 6.07) is 28.9. The van der Waals surface area contributed by atoms with Crippen LogP contribution in [0.15, 0.2) is 78.9 Å². The van der Waals surface area contributed by atoms with Gasteiger partial charge in [0.05, 0.1) is 6.04 Å². The maximum atomic E-state index is 2.44. The first-order chi connectivity index (χ1) is 15.5. The SMILES string of the molecule is CCN(Cc1ccccc1)c1ccc(C(c2c(C)n(CC)c3ccccc23)N(C)C)cc1. The Morgan fingerprint density at radius 2 is 1.47 bits per heavy atom. The van der Waals surface area contributed by atoms with E-state index >= 15 is 0 Å². The Morgan fingerprint density at radius 1 is 0.812 bits per heavy atom. The Morgan fingerprint density at radius 3 is 2.09 bits per heavy atom. The molecule has 0 amide bonds. The van der Waals surface area contributed by atoms with Gasteiger partial charge in [-0.1, -0.05) is 60.7 Å². The lowest BCUT2D eigenvalue weighted by molar-refractivity contribution is 0.342.